The second-order valence-electron chi connectivity index (χ2n) is 8.78. The SMILES string of the molecule is O=C(CCCN1C(=O)NC2(CCCC2)C1=O)Nc1ccc(N2CCCCCC2)cc1. The van der Waals surface area contributed by atoms with E-state index in [-0.39, 0.29) is 30.8 Å². The van der Waals surface area contributed by atoms with Crippen LogP contribution in [0.25, 0.3) is 0 Å². The summed E-state index contributed by atoms with van der Waals surface area (Å²) < 4.78 is 0. The number of hydrogen-bond acceptors (Lipinski definition) is 4. The largest absolute Gasteiger partial charge is 0.372 e. The highest BCUT2D eigenvalue weighted by Crippen LogP contribution is 2.35. The Labute approximate surface area is 178 Å². The van der Waals surface area contributed by atoms with E-state index in [9.17, 15) is 14.4 Å². The summed E-state index contributed by atoms with van der Waals surface area (Å²) in [6.45, 7) is 2.47. The molecule has 30 heavy (non-hydrogen) atoms. The summed E-state index contributed by atoms with van der Waals surface area (Å²) in [5.41, 5.74) is 1.31. The highest BCUT2D eigenvalue weighted by Gasteiger charge is 2.52. The third-order valence-electron chi connectivity index (χ3n) is 6.61. The van der Waals surface area contributed by atoms with Gasteiger partial charge in [-0.15, -0.1) is 0 Å². The first-order valence-corrected chi connectivity index (χ1v) is 11.4. The summed E-state index contributed by atoms with van der Waals surface area (Å²) in [5, 5.41) is 5.80. The summed E-state index contributed by atoms with van der Waals surface area (Å²) >= 11 is 0. The summed E-state index contributed by atoms with van der Waals surface area (Å²) in [5.74, 6) is -0.213. The molecular formula is C23H32N4O3. The Balaban J connectivity index is 1.23. The standard InChI is InChI=1S/C23H32N4O3/c28-20(8-7-17-27-21(29)23(25-22(27)30)13-3-4-14-23)24-18-9-11-19(12-10-18)26-15-5-1-2-6-16-26/h9-12H,1-8,13-17H2,(H,24,28)(H,25,30). The third-order valence-corrected chi connectivity index (χ3v) is 6.61. The van der Waals surface area contributed by atoms with Gasteiger partial charge in [0.25, 0.3) is 5.91 Å². The van der Waals surface area contributed by atoms with Gasteiger partial charge >= 0.3 is 6.03 Å². The summed E-state index contributed by atoms with van der Waals surface area (Å²) in [7, 11) is 0. The topological polar surface area (TPSA) is 81.8 Å². The van der Waals surface area contributed by atoms with Gasteiger partial charge in [-0.2, -0.15) is 0 Å². The van der Waals surface area contributed by atoms with Gasteiger partial charge in [0.15, 0.2) is 0 Å². The molecule has 2 aliphatic heterocycles. The lowest BCUT2D eigenvalue weighted by Crippen LogP contribution is -2.44. The van der Waals surface area contributed by atoms with Crippen molar-refractivity contribution in [3.05, 3.63) is 24.3 Å². The molecule has 3 fully saturated rings. The van der Waals surface area contributed by atoms with Gasteiger partial charge in [-0.05, 0) is 56.4 Å². The van der Waals surface area contributed by atoms with Gasteiger partial charge in [0, 0.05) is 37.4 Å². The maximum Gasteiger partial charge on any atom is 0.325 e. The predicted molar refractivity (Wildman–Crippen MR) is 116 cm³/mol. The fourth-order valence-electron chi connectivity index (χ4n) is 4.90. The molecule has 1 saturated carbocycles. The number of hydrogen-bond donors (Lipinski definition) is 2. The van der Waals surface area contributed by atoms with Crippen LogP contribution in [-0.4, -0.2) is 47.9 Å². The molecule has 162 valence electrons. The van der Waals surface area contributed by atoms with Crippen molar-refractivity contribution in [2.24, 2.45) is 0 Å². The van der Waals surface area contributed by atoms with E-state index in [1.807, 2.05) is 12.1 Å². The minimum atomic E-state index is -0.672. The maximum absolute atomic E-state index is 12.6. The highest BCUT2D eigenvalue weighted by atomic mass is 16.2. The van der Waals surface area contributed by atoms with E-state index >= 15 is 0 Å². The van der Waals surface area contributed by atoms with Crippen LogP contribution in [0.4, 0.5) is 16.2 Å². The Hall–Kier alpha value is -2.57. The van der Waals surface area contributed by atoms with E-state index in [2.05, 4.69) is 27.7 Å². The van der Waals surface area contributed by atoms with Crippen molar-refractivity contribution < 1.29 is 14.4 Å². The molecule has 7 heteroatoms. The first kappa shape index (κ1) is 20.7. The van der Waals surface area contributed by atoms with E-state index in [1.165, 1.54) is 36.3 Å². The van der Waals surface area contributed by atoms with Crippen molar-refractivity contribution in [2.75, 3.05) is 29.9 Å². The van der Waals surface area contributed by atoms with Crippen LogP contribution in [0.15, 0.2) is 24.3 Å². The van der Waals surface area contributed by atoms with Gasteiger partial charge in [-0.25, -0.2) is 4.79 Å². The fourth-order valence-corrected chi connectivity index (χ4v) is 4.90. The number of nitrogens with one attached hydrogen (secondary N) is 2. The molecule has 3 aliphatic rings. The lowest BCUT2D eigenvalue weighted by molar-refractivity contribution is -0.131. The highest BCUT2D eigenvalue weighted by molar-refractivity contribution is 6.07. The number of amides is 4. The molecule has 0 radical (unpaired) electrons. The van der Waals surface area contributed by atoms with Crippen molar-refractivity contribution in [1.82, 2.24) is 10.2 Å². The molecule has 4 rings (SSSR count). The smallest absolute Gasteiger partial charge is 0.325 e. The Morgan fingerprint density at radius 2 is 1.63 bits per heavy atom. The second kappa shape index (κ2) is 9.06. The van der Waals surface area contributed by atoms with E-state index < -0.39 is 5.54 Å². The van der Waals surface area contributed by atoms with Crippen molar-refractivity contribution in [2.45, 2.75) is 69.7 Å². The fraction of sp³-hybridized carbons (Fsp3) is 0.609. The van der Waals surface area contributed by atoms with Crippen LogP contribution >= 0.6 is 0 Å². The zero-order chi connectivity index (χ0) is 21.0. The van der Waals surface area contributed by atoms with Crippen molar-refractivity contribution >= 4 is 29.2 Å². The number of rotatable bonds is 6. The summed E-state index contributed by atoms with van der Waals surface area (Å²) in [6, 6.07) is 7.70. The van der Waals surface area contributed by atoms with E-state index in [4.69, 9.17) is 0 Å². The molecule has 1 aromatic carbocycles. The molecule has 2 saturated heterocycles. The van der Waals surface area contributed by atoms with Crippen molar-refractivity contribution in [3.63, 3.8) is 0 Å². The second-order valence-corrected chi connectivity index (χ2v) is 8.78. The average molecular weight is 413 g/mol. The molecule has 2 N–H and O–H groups in total. The van der Waals surface area contributed by atoms with Gasteiger partial charge in [0.05, 0.1) is 0 Å². The molecule has 1 spiro atoms. The quantitative estimate of drug-likeness (QED) is 0.699. The van der Waals surface area contributed by atoms with Crippen LogP contribution in [0, 0.1) is 0 Å². The van der Waals surface area contributed by atoms with Gasteiger partial charge in [-0.3, -0.25) is 14.5 Å². The predicted octanol–water partition coefficient (Wildman–Crippen LogP) is 3.65. The Morgan fingerprint density at radius 3 is 2.30 bits per heavy atom. The zero-order valence-corrected chi connectivity index (χ0v) is 17.6. The van der Waals surface area contributed by atoms with E-state index in [1.54, 1.807) is 0 Å². The van der Waals surface area contributed by atoms with Crippen LogP contribution in [0.3, 0.4) is 0 Å². The van der Waals surface area contributed by atoms with Gasteiger partial charge < -0.3 is 15.5 Å². The third kappa shape index (κ3) is 4.45. The molecule has 4 amide bonds. The number of nitrogens with zero attached hydrogens (tertiary/aromatic N) is 2. The molecule has 1 aliphatic carbocycles. The molecular weight excluding hydrogens is 380 g/mol. The molecule has 0 atom stereocenters. The normalized spacial score (nSPS) is 21.1. The number of urea groups is 1. The van der Waals surface area contributed by atoms with Crippen molar-refractivity contribution in [3.8, 4) is 0 Å². The van der Waals surface area contributed by atoms with Crippen molar-refractivity contribution in [1.29, 1.82) is 0 Å². The van der Waals surface area contributed by atoms with Crippen LogP contribution < -0.4 is 15.5 Å². The number of benzene rings is 1. The zero-order valence-electron chi connectivity index (χ0n) is 17.6. The maximum atomic E-state index is 12.6. The van der Waals surface area contributed by atoms with Crippen LogP contribution in [0.2, 0.25) is 0 Å². The number of imide groups is 1. The molecule has 7 nitrogen and oxygen atoms in total. The van der Waals surface area contributed by atoms with Gasteiger partial charge in [0.1, 0.15) is 5.54 Å². The van der Waals surface area contributed by atoms with E-state index in [0.29, 0.717) is 6.42 Å². The number of carbonyl (C=O) groups is 3. The molecule has 2 heterocycles. The summed E-state index contributed by atoms with van der Waals surface area (Å²) in [4.78, 5) is 40.8. The molecule has 1 aromatic rings. The lowest BCUT2D eigenvalue weighted by Gasteiger charge is -2.22. The minimum Gasteiger partial charge on any atom is -0.372 e. The Bertz CT molecular complexity index is 778. The first-order chi connectivity index (χ1) is 14.6. The number of anilines is 2. The monoisotopic (exact) mass is 412 g/mol. The van der Waals surface area contributed by atoms with Crippen LogP contribution in [0.1, 0.15) is 64.2 Å². The average Bonchev–Trinajstić information content (AvgIpc) is 3.16. The Morgan fingerprint density at radius 1 is 0.967 bits per heavy atom. The minimum absolute atomic E-state index is 0.0971. The first-order valence-electron chi connectivity index (χ1n) is 11.4. The molecule has 0 bridgehead atoms. The van der Waals surface area contributed by atoms with Gasteiger partial charge in [0.2, 0.25) is 5.91 Å². The summed E-state index contributed by atoms with van der Waals surface area (Å²) in [6.07, 6.45) is 9.20. The van der Waals surface area contributed by atoms with Crippen LogP contribution in [-0.2, 0) is 9.59 Å². The van der Waals surface area contributed by atoms with Gasteiger partial charge in [-0.1, -0.05) is 25.7 Å². The van der Waals surface area contributed by atoms with Crippen LogP contribution in [0.5, 0.6) is 0 Å². The Kier molecular flexibility index (Phi) is 6.25. The molecule has 0 aromatic heterocycles. The van der Waals surface area contributed by atoms with E-state index in [0.717, 1.165) is 44.5 Å². The molecule has 0 unspecified atom stereocenters. The number of carbonyl (C=O) groups excluding carboxylic acids is 3. The lowest BCUT2D eigenvalue weighted by atomic mass is 9.98.